The highest BCUT2D eigenvalue weighted by molar-refractivity contribution is 7.91. The van der Waals surface area contributed by atoms with Gasteiger partial charge < -0.3 is 15.2 Å². The van der Waals surface area contributed by atoms with Crippen LogP contribution in [0.15, 0.2) is 47.3 Å². The largest absolute Gasteiger partial charge is 0.340 e. The lowest BCUT2D eigenvalue weighted by molar-refractivity contribution is -0.132. The van der Waals surface area contributed by atoms with Gasteiger partial charge >= 0.3 is 0 Å². The zero-order valence-corrected chi connectivity index (χ0v) is 16.2. The Morgan fingerprint density at radius 3 is 2.32 bits per heavy atom. The molecule has 9 heteroatoms. The van der Waals surface area contributed by atoms with Crippen molar-refractivity contribution >= 4 is 21.7 Å². The normalized spacial score (nSPS) is 17.0. The summed E-state index contributed by atoms with van der Waals surface area (Å²) in [6, 6.07) is 11.4. The molecule has 1 unspecified atom stereocenters. The second-order valence-corrected chi connectivity index (χ2v) is 8.96. The van der Waals surface area contributed by atoms with Crippen LogP contribution < -0.4 is 10.9 Å². The predicted molar refractivity (Wildman–Crippen MR) is 105 cm³/mol. The van der Waals surface area contributed by atoms with Gasteiger partial charge in [-0.25, -0.2) is 8.42 Å². The minimum Gasteiger partial charge on any atom is -0.340 e. The van der Waals surface area contributed by atoms with Crippen LogP contribution in [-0.4, -0.2) is 60.8 Å². The van der Waals surface area contributed by atoms with Gasteiger partial charge in [-0.1, -0.05) is 30.3 Å². The maximum atomic E-state index is 12.4. The molecular weight excluding hydrogens is 382 g/mol. The second kappa shape index (κ2) is 7.97. The summed E-state index contributed by atoms with van der Waals surface area (Å²) in [5.41, 5.74) is 0.749. The van der Waals surface area contributed by atoms with E-state index in [9.17, 15) is 22.8 Å². The highest BCUT2D eigenvalue weighted by Gasteiger charge is 2.29. The zero-order valence-electron chi connectivity index (χ0n) is 15.3. The van der Waals surface area contributed by atoms with Crippen LogP contribution in [0.25, 0.3) is 11.3 Å². The van der Waals surface area contributed by atoms with Crippen LogP contribution in [0.5, 0.6) is 0 Å². The summed E-state index contributed by atoms with van der Waals surface area (Å²) in [5, 5.41) is 2.51. The van der Waals surface area contributed by atoms with Crippen LogP contribution in [0.2, 0.25) is 0 Å². The van der Waals surface area contributed by atoms with Crippen LogP contribution in [-0.2, 0) is 14.6 Å². The zero-order chi connectivity index (χ0) is 20.3. The molecule has 8 nitrogen and oxygen atoms in total. The minimum atomic E-state index is -3.10. The van der Waals surface area contributed by atoms with Crippen molar-refractivity contribution in [2.75, 3.05) is 24.6 Å². The molecule has 1 atom stereocenters. The van der Waals surface area contributed by atoms with E-state index in [1.807, 2.05) is 30.3 Å². The topological polar surface area (TPSA) is 116 Å². The van der Waals surface area contributed by atoms with Crippen molar-refractivity contribution in [1.29, 1.82) is 0 Å². The molecule has 1 aliphatic heterocycles. The molecule has 1 aromatic carbocycles. The Morgan fingerprint density at radius 2 is 1.71 bits per heavy atom. The number of H-pyrrole nitrogens is 1. The molecule has 1 aromatic heterocycles. The number of pyridine rings is 1. The van der Waals surface area contributed by atoms with E-state index in [-0.39, 0.29) is 36.1 Å². The molecule has 0 aliphatic carbocycles. The van der Waals surface area contributed by atoms with E-state index in [1.54, 1.807) is 6.07 Å². The van der Waals surface area contributed by atoms with Crippen LogP contribution >= 0.6 is 0 Å². The highest BCUT2D eigenvalue weighted by Crippen LogP contribution is 2.14. The van der Waals surface area contributed by atoms with Gasteiger partial charge in [-0.3, -0.25) is 14.4 Å². The molecule has 3 rings (SSSR count). The van der Waals surface area contributed by atoms with Crippen LogP contribution in [0, 0.1) is 0 Å². The molecule has 28 heavy (non-hydrogen) atoms. The third-order valence-corrected chi connectivity index (χ3v) is 6.22. The van der Waals surface area contributed by atoms with Crippen molar-refractivity contribution < 1.29 is 18.0 Å². The summed E-state index contributed by atoms with van der Waals surface area (Å²) < 4.78 is 22.9. The second-order valence-electron chi connectivity index (χ2n) is 6.65. The number of nitrogens with zero attached hydrogens (tertiary/aromatic N) is 1. The van der Waals surface area contributed by atoms with E-state index in [1.165, 1.54) is 17.9 Å². The first-order valence-corrected chi connectivity index (χ1v) is 10.7. The van der Waals surface area contributed by atoms with Gasteiger partial charge in [-0.2, -0.15) is 0 Å². The molecule has 2 aromatic rings. The average Bonchev–Trinajstić information content (AvgIpc) is 2.68. The maximum absolute atomic E-state index is 12.4. The van der Waals surface area contributed by atoms with Gasteiger partial charge in [0.1, 0.15) is 11.6 Å². The van der Waals surface area contributed by atoms with Gasteiger partial charge in [-0.05, 0) is 24.6 Å². The SMILES string of the molecule is CC(NC(=O)c1ccc(-c2ccccc2)[nH]c1=O)C(=O)N1CCS(=O)(=O)CC1. The molecule has 0 saturated carbocycles. The van der Waals surface area contributed by atoms with Crippen molar-refractivity contribution in [3.8, 4) is 11.3 Å². The summed E-state index contributed by atoms with van der Waals surface area (Å²) in [6.07, 6.45) is 0. The number of sulfone groups is 1. The van der Waals surface area contributed by atoms with Crippen LogP contribution in [0.3, 0.4) is 0 Å². The average molecular weight is 403 g/mol. The van der Waals surface area contributed by atoms with Gasteiger partial charge in [0.2, 0.25) is 5.91 Å². The number of hydrogen-bond acceptors (Lipinski definition) is 5. The third-order valence-electron chi connectivity index (χ3n) is 4.61. The van der Waals surface area contributed by atoms with Crippen molar-refractivity contribution in [3.05, 3.63) is 58.4 Å². The van der Waals surface area contributed by atoms with E-state index in [2.05, 4.69) is 10.3 Å². The lowest BCUT2D eigenvalue weighted by Crippen LogP contribution is -2.52. The number of carbonyl (C=O) groups excluding carboxylic acids is 2. The number of aromatic nitrogens is 1. The molecule has 148 valence electrons. The maximum Gasteiger partial charge on any atom is 0.261 e. The number of carbonyl (C=O) groups is 2. The fourth-order valence-electron chi connectivity index (χ4n) is 2.98. The Morgan fingerprint density at radius 1 is 1.07 bits per heavy atom. The van der Waals surface area contributed by atoms with E-state index < -0.39 is 27.3 Å². The fourth-order valence-corrected chi connectivity index (χ4v) is 4.18. The first-order chi connectivity index (χ1) is 13.3. The van der Waals surface area contributed by atoms with Crippen molar-refractivity contribution in [3.63, 3.8) is 0 Å². The molecule has 2 N–H and O–H groups in total. The van der Waals surface area contributed by atoms with E-state index >= 15 is 0 Å². The fraction of sp³-hybridized carbons (Fsp3) is 0.316. The number of hydrogen-bond donors (Lipinski definition) is 2. The summed E-state index contributed by atoms with van der Waals surface area (Å²) in [6.45, 7) is 1.72. The smallest absolute Gasteiger partial charge is 0.261 e. The minimum absolute atomic E-state index is 0.0833. The standard InChI is InChI=1S/C19H21N3O5S/c1-13(19(25)22-9-11-28(26,27)12-10-22)20-17(23)15-7-8-16(21-18(15)24)14-5-3-2-4-6-14/h2-8,13H,9-12H2,1H3,(H,20,23)(H,21,24). The number of nitrogens with one attached hydrogen (secondary N) is 2. The summed E-state index contributed by atoms with van der Waals surface area (Å²) in [5.74, 6) is -1.20. The van der Waals surface area contributed by atoms with Crippen molar-refractivity contribution in [2.24, 2.45) is 0 Å². The summed E-state index contributed by atoms with van der Waals surface area (Å²) in [7, 11) is -3.10. The Kier molecular flexibility index (Phi) is 5.64. The summed E-state index contributed by atoms with van der Waals surface area (Å²) in [4.78, 5) is 41.2. The van der Waals surface area contributed by atoms with E-state index in [0.29, 0.717) is 5.69 Å². The highest BCUT2D eigenvalue weighted by atomic mass is 32.2. The lowest BCUT2D eigenvalue weighted by Gasteiger charge is -2.29. The van der Waals surface area contributed by atoms with Crippen molar-refractivity contribution in [2.45, 2.75) is 13.0 Å². The number of rotatable bonds is 4. The monoisotopic (exact) mass is 403 g/mol. The quantitative estimate of drug-likeness (QED) is 0.767. The molecule has 2 heterocycles. The summed E-state index contributed by atoms with van der Waals surface area (Å²) >= 11 is 0. The molecule has 1 saturated heterocycles. The Labute approximate surface area is 162 Å². The Balaban J connectivity index is 1.67. The molecule has 1 fully saturated rings. The third kappa shape index (κ3) is 4.48. The molecule has 1 aliphatic rings. The van der Waals surface area contributed by atoms with Gasteiger partial charge in [0.15, 0.2) is 9.84 Å². The molecule has 0 bridgehead atoms. The van der Waals surface area contributed by atoms with Gasteiger partial charge in [-0.15, -0.1) is 0 Å². The lowest BCUT2D eigenvalue weighted by atomic mass is 10.1. The predicted octanol–water partition coefficient (Wildman–Crippen LogP) is 0.417. The van der Waals surface area contributed by atoms with Gasteiger partial charge in [0.05, 0.1) is 11.5 Å². The van der Waals surface area contributed by atoms with Crippen LogP contribution in [0.1, 0.15) is 17.3 Å². The van der Waals surface area contributed by atoms with E-state index in [4.69, 9.17) is 0 Å². The molecule has 0 spiro atoms. The van der Waals surface area contributed by atoms with Gasteiger partial charge in [0, 0.05) is 18.8 Å². The molecule has 0 radical (unpaired) electrons. The van der Waals surface area contributed by atoms with E-state index in [0.717, 1.165) is 5.56 Å². The first kappa shape index (κ1) is 19.8. The van der Waals surface area contributed by atoms with Gasteiger partial charge in [0.25, 0.3) is 11.5 Å². The molecule has 2 amide bonds. The number of amides is 2. The van der Waals surface area contributed by atoms with Crippen molar-refractivity contribution in [1.82, 2.24) is 15.2 Å². The Bertz CT molecular complexity index is 1030. The van der Waals surface area contributed by atoms with Crippen LogP contribution in [0.4, 0.5) is 0 Å². The number of aromatic amines is 1. The molecular formula is C19H21N3O5S. The first-order valence-electron chi connectivity index (χ1n) is 8.86. The Hall–Kier alpha value is -2.94. The number of benzene rings is 1.